The lowest BCUT2D eigenvalue weighted by Gasteiger charge is -2.30. The molecule has 0 fully saturated rings. The minimum absolute atomic E-state index is 1.18. The summed E-state index contributed by atoms with van der Waals surface area (Å²) in [7, 11) is -2.19. The van der Waals surface area contributed by atoms with Crippen LogP contribution in [-0.2, 0) is 0 Å². The maximum atomic E-state index is 2.59. The number of allylic oxidation sites excluding steroid dienone is 1. The van der Waals surface area contributed by atoms with Crippen LogP contribution in [0.2, 0.25) is 0 Å². The maximum Gasteiger partial charge on any atom is 0.172 e. The van der Waals surface area contributed by atoms with Crippen molar-refractivity contribution < 1.29 is 0 Å². The zero-order valence-corrected chi connectivity index (χ0v) is 20.2. The van der Waals surface area contributed by atoms with Crippen LogP contribution in [0.25, 0.3) is 0 Å². The number of rotatable bonds is 13. The summed E-state index contributed by atoms with van der Waals surface area (Å²) in [5, 5.41) is 4.37. The Labute approximate surface area is 191 Å². The molecule has 0 heterocycles. The van der Waals surface area contributed by atoms with E-state index in [0.717, 1.165) is 0 Å². The quantitative estimate of drug-likeness (QED) is 0.160. The molecule has 3 aromatic carbocycles. The van der Waals surface area contributed by atoms with Gasteiger partial charge in [0.25, 0.3) is 0 Å². The van der Waals surface area contributed by atoms with Gasteiger partial charge in [-0.25, -0.2) is 0 Å². The van der Waals surface area contributed by atoms with E-state index < -0.39 is 8.07 Å². The molecule has 0 spiro atoms. The summed E-state index contributed by atoms with van der Waals surface area (Å²) in [6.07, 6.45) is 14.7. The Morgan fingerprint density at radius 1 is 0.516 bits per heavy atom. The normalized spacial score (nSPS) is 11.8. The van der Waals surface area contributed by atoms with Crippen molar-refractivity contribution in [2.24, 2.45) is 0 Å². The highest BCUT2D eigenvalue weighted by Gasteiger charge is 2.36. The second-order valence-corrected chi connectivity index (χ2v) is 12.3. The fourth-order valence-electron chi connectivity index (χ4n) is 4.55. The van der Waals surface area contributed by atoms with Gasteiger partial charge in [-0.05, 0) is 28.4 Å². The Morgan fingerprint density at radius 3 is 1.32 bits per heavy atom. The molecule has 3 aromatic rings. The van der Waals surface area contributed by atoms with Crippen molar-refractivity contribution in [3.8, 4) is 0 Å². The van der Waals surface area contributed by atoms with Gasteiger partial charge in [-0.2, -0.15) is 0 Å². The van der Waals surface area contributed by atoms with Crippen molar-refractivity contribution in [3.05, 3.63) is 103 Å². The van der Waals surface area contributed by atoms with Gasteiger partial charge in [-0.15, -0.1) is 0 Å². The lowest BCUT2D eigenvalue weighted by molar-refractivity contribution is 0.577. The Kier molecular flexibility index (Phi) is 9.85. The minimum atomic E-state index is -2.19. The summed E-state index contributed by atoms with van der Waals surface area (Å²) in [4.78, 5) is 0. The van der Waals surface area contributed by atoms with Gasteiger partial charge in [0.15, 0.2) is 8.07 Å². The average Bonchev–Trinajstić information content (AvgIpc) is 2.84. The summed E-state index contributed by atoms with van der Waals surface area (Å²) in [5.41, 5.74) is 2.59. The van der Waals surface area contributed by atoms with Gasteiger partial charge in [0.05, 0.1) is 0 Å². The van der Waals surface area contributed by atoms with Crippen LogP contribution in [0.5, 0.6) is 0 Å². The first-order chi connectivity index (χ1) is 15.4. The Balaban J connectivity index is 1.78. The lowest BCUT2D eigenvalue weighted by atomic mass is 10.1. The van der Waals surface area contributed by atoms with E-state index in [1.807, 2.05) is 0 Å². The molecule has 0 N–H and O–H groups in total. The fourth-order valence-corrected chi connectivity index (χ4v) is 8.80. The Hall–Kier alpha value is -2.38. The molecular weight excluding hydrogens is 388 g/mol. The predicted octanol–water partition coefficient (Wildman–Crippen LogP) is 6.78. The summed E-state index contributed by atoms with van der Waals surface area (Å²) in [6.45, 7) is 2.29. The van der Waals surface area contributed by atoms with E-state index in [1.54, 1.807) is 0 Å². The van der Waals surface area contributed by atoms with Crippen LogP contribution in [0, 0.1) is 0 Å². The highest BCUT2D eigenvalue weighted by atomic mass is 28.3. The molecule has 0 saturated heterocycles. The van der Waals surface area contributed by atoms with Gasteiger partial charge in [-0.1, -0.05) is 155 Å². The molecule has 0 unspecified atom stereocenters. The van der Waals surface area contributed by atoms with Crippen molar-refractivity contribution in [2.75, 3.05) is 0 Å². The summed E-state index contributed by atoms with van der Waals surface area (Å²) < 4.78 is 0. The largest absolute Gasteiger partial charge is 0.172 e. The smallest absolute Gasteiger partial charge is 0.0914 e. The van der Waals surface area contributed by atoms with Crippen molar-refractivity contribution in [2.45, 2.75) is 64.7 Å². The Morgan fingerprint density at radius 2 is 0.903 bits per heavy atom. The summed E-state index contributed by atoms with van der Waals surface area (Å²) in [5.74, 6) is 0. The van der Waals surface area contributed by atoms with Crippen molar-refractivity contribution >= 4 is 23.6 Å². The zero-order valence-electron chi connectivity index (χ0n) is 19.2. The second-order valence-electron chi connectivity index (χ2n) is 8.57. The second kappa shape index (κ2) is 13.1. The first-order valence-corrected chi connectivity index (χ1v) is 14.3. The molecule has 1 heteroatoms. The average molecular weight is 427 g/mol. The maximum absolute atomic E-state index is 2.59. The molecule has 0 radical (unpaired) electrons. The van der Waals surface area contributed by atoms with Crippen LogP contribution in [0.1, 0.15) is 64.7 Å². The molecule has 0 nitrogen and oxygen atoms in total. The fraction of sp³-hybridized carbons (Fsp3) is 0.333. The number of hydrogen-bond donors (Lipinski definition) is 0. The van der Waals surface area contributed by atoms with Gasteiger partial charge in [-0.3, -0.25) is 0 Å². The van der Waals surface area contributed by atoms with E-state index in [9.17, 15) is 0 Å². The van der Waals surface area contributed by atoms with Crippen LogP contribution >= 0.6 is 0 Å². The van der Waals surface area contributed by atoms with Crippen molar-refractivity contribution in [1.29, 1.82) is 0 Å². The van der Waals surface area contributed by atoms with E-state index in [0.29, 0.717) is 0 Å². The third-order valence-corrected chi connectivity index (χ3v) is 10.7. The highest BCUT2D eigenvalue weighted by Crippen LogP contribution is 2.13. The molecule has 0 amide bonds. The number of benzene rings is 3. The van der Waals surface area contributed by atoms with E-state index in [1.165, 1.54) is 73.3 Å². The molecule has 0 bridgehead atoms. The number of hydrogen-bond acceptors (Lipinski definition) is 0. The van der Waals surface area contributed by atoms with Crippen LogP contribution < -0.4 is 15.6 Å². The minimum Gasteiger partial charge on any atom is -0.0914 e. The molecule has 0 aromatic heterocycles. The van der Waals surface area contributed by atoms with E-state index in [2.05, 4.69) is 110 Å². The van der Waals surface area contributed by atoms with Crippen molar-refractivity contribution in [1.82, 2.24) is 0 Å². The topological polar surface area (TPSA) is 0 Å². The third kappa shape index (κ3) is 6.55. The van der Waals surface area contributed by atoms with Crippen LogP contribution in [0.15, 0.2) is 103 Å². The van der Waals surface area contributed by atoms with E-state index in [-0.39, 0.29) is 0 Å². The predicted molar refractivity (Wildman–Crippen MR) is 140 cm³/mol. The van der Waals surface area contributed by atoms with Crippen LogP contribution in [0.4, 0.5) is 0 Å². The molecule has 0 saturated carbocycles. The van der Waals surface area contributed by atoms with Gasteiger partial charge >= 0.3 is 0 Å². The van der Waals surface area contributed by atoms with Crippen molar-refractivity contribution in [3.63, 3.8) is 0 Å². The molecule has 0 aliphatic carbocycles. The zero-order chi connectivity index (χ0) is 21.6. The molecule has 0 aliphatic rings. The van der Waals surface area contributed by atoms with Gasteiger partial charge in [0.2, 0.25) is 0 Å². The summed E-state index contributed by atoms with van der Waals surface area (Å²) >= 11 is 0. The summed E-state index contributed by atoms with van der Waals surface area (Å²) in [6, 6.07) is 33.5. The van der Waals surface area contributed by atoms with Gasteiger partial charge < -0.3 is 0 Å². The molecular formula is C30H38Si. The molecule has 0 aliphatic heterocycles. The van der Waals surface area contributed by atoms with Gasteiger partial charge in [0, 0.05) is 0 Å². The monoisotopic (exact) mass is 426 g/mol. The van der Waals surface area contributed by atoms with E-state index >= 15 is 0 Å². The lowest BCUT2D eigenvalue weighted by Crippen LogP contribution is -2.66. The standard InChI is InChI=1S/C30H38Si/c1-2-3-4-5-6-7-8-9-10-20-27-31(28-21-14-11-15-22-28,29-23-16-12-17-24-29)30-25-18-13-19-26-30/h11-27H,2-10H2,1H3/b27-20+. The molecule has 0 atom stereocenters. The molecule has 162 valence electrons. The molecule has 31 heavy (non-hydrogen) atoms. The number of unbranched alkanes of at least 4 members (excludes halogenated alkanes) is 8. The third-order valence-electron chi connectivity index (χ3n) is 6.28. The highest BCUT2D eigenvalue weighted by molar-refractivity contribution is 7.14. The van der Waals surface area contributed by atoms with E-state index in [4.69, 9.17) is 0 Å². The first kappa shape index (κ1) is 23.3. The first-order valence-electron chi connectivity index (χ1n) is 12.2. The van der Waals surface area contributed by atoms with Crippen LogP contribution in [-0.4, -0.2) is 8.07 Å². The van der Waals surface area contributed by atoms with Crippen LogP contribution in [0.3, 0.4) is 0 Å². The Bertz CT molecular complexity index is 771. The SMILES string of the molecule is CCCCCCCCCC/C=C/[Si](c1ccccc1)(c1ccccc1)c1ccccc1. The molecule has 3 rings (SSSR count). The van der Waals surface area contributed by atoms with Gasteiger partial charge in [0.1, 0.15) is 0 Å².